The van der Waals surface area contributed by atoms with Crippen LogP contribution in [0.5, 0.6) is 0 Å². The van der Waals surface area contributed by atoms with Crippen LogP contribution in [-0.2, 0) is 11.2 Å². The molecule has 0 radical (unpaired) electrons. The predicted octanol–water partition coefficient (Wildman–Crippen LogP) is 8.65. The lowest BCUT2D eigenvalue weighted by Crippen LogP contribution is -2.29. The number of hydrogen-bond acceptors (Lipinski definition) is 2. The molecule has 0 saturated heterocycles. The van der Waals surface area contributed by atoms with Crippen molar-refractivity contribution in [3.8, 4) is 22.3 Å². The summed E-state index contributed by atoms with van der Waals surface area (Å²) in [5.74, 6) is -0.287. The molecule has 3 aromatic carbocycles. The van der Waals surface area contributed by atoms with Gasteiger partial charge in [0.15, 0.2) is 0 Å². The van der Waals surface area contributed by atoms with Crippen molar-refractivity contribution < 1.29 is 13.6 Å². The Hall–Kier alpha value is -3.11. The standard InChI is InChI=1S/C30H35F2N.C3H4O/c1-3-4-5-6-21-7-9-22(10-8-21)24-13-17-28(29(31)19-24)25-14-18-27(30(32)20-25)23-11-15-26(33-2)16-12-23;1-2-3-4/h7-10,13-14,17-20,23,26,33H,3-6,11-12,15-16H2,1-2H3;2-3H,1H2. The number of benzene rings is 3. The molecular formula is C33H39F2NO. The van der Waals surface area contributed by atoms with Crippen molar-refractivity contribution in [2.75, 3.05) is 7.05 Å². The number of nitrogens with one attached hydrogen (secondary N) is 1. The van der Waals surface area contributed by atoms with Crippen LogP contribution in [0.3, 0.4) is 0 Å². The average Bonchev–Trinajstić information content (AvgIpc) is 2.94. The van der Waals surface area contributed by atoms with Crippen LogP contribution in [0.15, 0.2) is 73.3 Å². The fraction of sp³-hybridized carbons (Fsp3) is 0.364. The summed E-state index contributed by atoms with van der Waals surface area (Å²) in [6.45, 7) is 5.32. The van der Waals surface area contributed by atoms with Crippen molar-refractivity contribution in [1.29, 1.82) is 0 Å². The first kappa shape index (κ1) is 28.5. The number of aryl methyl sites for hydroxylation is 1. The van der Waals surface area contributed by atoms with Gasteiger partial charge in [0.05, 0.1) is 0 Å². The zero-order valence-electron chi connectivity index (χ0n) is 22.1. The minimum Gasteiger partial charge on any atom is -0.317 e. The van der Waals surface area contributed by atoms with Crippen molar-refractivity contribution in [3.05, 3.63) is 96.1 Å². The summed E-state index contributed by atoms with van der Waals surface area (Å²) in [5, 5.41) is 3.32. The number of unbranched alkanes of at least 4 members (excludes halogenated alkanes) is 2. The van der Waals surface area contributed by atoms with E-state index in [9.17, 15) is 4.39 Å². The van der Waals surface area contributed by atoms with Crippen molar-refractivity contribution in [1.82, 2.24) is 5.32 Å². The SMILES string of the molecule is C=CC=O.CCCCCc1ccc(-c2ccc(-c3ccc(C4CCC(NC)CC4)c(F)c3)c(F)c2)cc1. The first-order chi connectivity index (χ1) is 18.0. The second kappa shape index (κ2) is 14.6. The summed E-state index contributed by atoms with van der Waals surface area (Å²) < 4.78 is 30.0. The summed E-state index contributed by atoms with van der Waals surface area (Å²) in [7, 11) is 1.99. The van der Waals surface area contributed by atoms with Gasteiger partial charge in [0.1, 0.15) is 17.9 Å². The maximum Gasteiger partial charge on any atom is 0.142 e. The van der Waals surface area contributed by atoms with E-state index in [-0.39, 0.29) is 17.6 Å². The molecule has 0 aromatic heterocycles. The maximum absolute atomic E-state index is 15.0. The molecule has 1 N–H and O–H groups in total. The van der Waals surface area contributed by atoms with E-state index in [0.29, 0.717) is 23.5 Å². The van der Waals surface area contributed by atoms with Crippen LogP contribution in [0, 0.1) is 11.6 Å². The van der Waals surface area contributed by atoms with E-state index < -0.39 is 0 Å². The summed E-state index contributed by atoms with van der Waals surface area (Å²) >= 11 is 0. The highest BCUT2D eigenvalue weighted by atomic mass is 19.1. The topological polar surface area (TPSA) is 29.1 Å². The lowest BCUT2D eigenvalue weighted by molar-refractivity contribution is -0.104. The van der Waals surface area contributed by atoms with Crippen LogP contribution in [0.25, 0.3) is 22.3 Å². The Morgan fingerprint density at radius 3 is 2.05 bits per heavy atom. The van der Waals surface area contributed by atoms with Gasteiger partial charge in [0, 0.05) is 11.6 Å². The van der Waals surface area contributed by atoms with Crippen LogP contribution in [0.1, 0.15) is 68.9 Å². The molecule has 1 saturated carbocycles. The summed E-state index contributed by atoms with van der Waals surface area (Å²) in [4.78, 5) is 9.06. The van der Waals surface area contributed by atoms with Crippen LogP contribution in [0.4, 0.5) is 8.78 Å². The molecule has 0 aliphatic heterocycles. The Kier molecular flexibility index (Phi) is 11.2. The quantitative estimate of drug-likeness (QED) is 0.180. The van der Waals surface area contributed by atoms with E-state index in [2.05, 4.69) is 43.1 Å². The number of carbonyl (C=O) groups excluding carboxylic acids is 1. The first-order valence-electron chi connectivity index (χ1n) is 13.4. The molecule has 2 nitrogen and oxygen atoms in total. The van der Waals surface area contributed by atoms with Gasteiger partial charge in [0.2, 0.25) is 0 Å². The fourth-order valence-corrected chi connectivity index (χ4v) is 5.09. The van der Waals surface area contributed by atoms with Gasteiger partial charge in [-0.05, 0) is 97.5 Å². The van der Waals surface area contributed by atoms with Gasteiger partial charge in [-0.3, -0.25) is 4.79 Å². The molecule has 196 valence electrons. The van der Waals surface area contributed by atoms with Gasteiger partial charge < -0.3 is 5.32 Å². The minimum atomic E-state index is -0.318. The third kappa shape index (κ3) is 7.93. The third-order valence-electron chi connectivity index (χ3n) is 7.31. The molecule has 3 aromatic rings. The van der Waals surface area contributed by atoms with Crippen LogP contribution >= 0.6 is 0 Å². The van der Waals surface area contributed by atoms with Crippen molar-refractivity contribution in [2.24, 2.45) is 0 Å². The number of halogens is 2. The highest BCUT2D eigenvalue weighted by Crippen LogP contribution is 2.36. The average molecular weight is 504 g/mol. The van der Waals surface area contributed by atoms with Crippen molar-refractivity contribution >= 4 is 6.29 Å². The van der Waals surface area contributed by atoms with Crippen molar-refractivity contribution in [2.45, 2.75) is 70.3 Å². The molecule has 4 heteroatoms. The van der Waals surface area contributed by atoms with Gasteiger partial charge in [-0.25, -0.2) is 8.78 Å². The van der Waals surface area contributed by atoms with Gasteiger partial charge in [-0.1, -0.05) is 74.9 Å². The van der Waals surface area contributed by atoms with E-state index in [4.69, 9.17) is 4.79 Å². The normalized spacial score (nSPS) is 17.0. The van der Waals surface area contributed by atoms with Crippen LogP contribution < -0.4 is 5.32 Å². The Bertz CT molecular complexity index is 1140. The molecule has 0 bridgehead atoms. The number of allylic oxidation sites excluding steroid dienone is 1. The molecule has 37 heavy (non-hydrogen) atoms. The van der Waals surface area contributed by atoms with Crippen LogP contribution in [-0.4, -0.2) is 19.4 Å². The first-order valence-corrected chi connectivity index (χ1v) is 13.4. The summed E-state index contributed by atoms with van der Waals surface area (Å²) in [5.41, 5.74) is 4.96. The van der Waals surface area contributed by atoms with Crippen molar-refractivity contribution in [3.63, 3.8) is 0 Å². The van der Waals surface area contributed by atoms with Gasteiger partial charge >= 0.3 is 0 Å². The number of hydrogen-bond donors (Lipinski definition) is 1. The Labute approximate surface area is 220 Å². The lowest BCUT2D eigenvalue weighted by Gasteiger charge is -2.28. The molecule has 1 fully saturated rings. The molecule has 0 atom stereocenters. The van der Waals surface area contributed by atoms with E-state index in [1.54, 1.807) is 12.1 Å². The van der Waals surface area contributed by atoms with E-state index in [0.717, 1.165) is 48.8 Å². The van der Waals surface area contributed by atoms with Gasteiger partial charge in [0.25, 0.3) is 0 Å². The molecule has 0 spiro atoms. The molecule has 4 rings (SSSR count). The molecule has 0 amide bonds. The molecular weight excluding hydrogens is 464 g/mol. The Morgan fingerprint density at radius 2 is 1.49 bits per heavy atom. The highest BCUT2D eigenvalue weighted by molar-refractivity contribution is 5.71. The number of rotatable bonds is 9. The third-order valence-corrected chi connectivity index (χ3v) is 7.31. The van der Waals surface area contributed by atoms with E-state index in [1.807, 2.05) is 25.2 Å². The largest absolute Gasteiger partial charge is 0.317 e. The molecule has 0 unspecified atom stereocenters. The Morgan fingerprint density at radius 1 is 0.865 bits per heavy atom. The highest BCUT2D eigenvalue weighted by Gasteiger charge is 2.23. The second-order valence-electron chi connectivity index (χ2n) is 9.79. The zero-order valence-corrected chi connectivity index (χ0v) is 22.1. The molecule has 1 aliphatic rings. The number of carbonyl (C=O) groups is 1. The van der Waals surface area contributed by atoms with Gasteiger partial charge in [-0.2, -0.15) is 0 Å². The second-order valence-corrected chi connectivity index (χ2v) is 9.79. The molecule has 0 heterocycles. The molecule has 1 aliphatic carbocycles. The summed E-state index contributed by atoms with van der Waals surface area (Å²) in [6.07, 6.45) is 10.7. The fourth-order valence-electron chi connectivity index (χ4n) is 5.09. The Balaban J connectivity index is 0.000000886. The van der Waals surface area contributed by atoms with Gasteiger partial charge in [-0.15, -0.1) is 0 Å². The van der Waals surface area contributed by atoms with E-state index in [1.165, 1.54) is 37.0 Å². The predicted molar refractivity (Wildman–Crippen MR) is 151 cm³/mol. The van der Waals surface area contributed by atoms with E-state index >= 15 is 4.39 Å². The monoisotopic (exact) mass is 503 g/mol. The van der Waals surface area contributed by atoms with Crippen LogP contribution in [0.2, 0.25) is 0 Å². The zero-order chi connectivity index (χ0) is 26.6. The number of aldehydes is 1. The lowest BCUT2D eigenvalue weighted by atomic mass is 9.81. The minimum absolute atomic E-state index is 0.220. The smallest absolute Gasteiger partial charge is 0.142 e. The summed E-state index contributed by atoms with van der Waals surface area (Å²) in [6, 6.07) is 19.4. The maximum atomic E-state index is 15.0.